The minimum Gasteiger partial charge on any atom is -0.383 e. The van der Waals surface area contributed by atoms with E-state index in [1.807, 2.05) is 0 Å². The number of hydrogen-bond acceptors (Lipinski definition) is 5. The topological polar surface area (TPSA) is 94.1 Å². The van der Waals surface area contributed by atoms with Gasteiger partial charge in [0.15, 0.2) is 0 Å². The van der Waals surface area contributed by atoms with Gasteiger partial charge in [-0.15, -0.1) is 0 Å². The van der Waals surface area contributed by atoms with Crippen molar-refractivity contribution in [2.75, 3.05) is 11.1 Å². The molecular weight excluding hydrogens is 232 g/mol. The molecule has 0 fully saturated rings. The van der Waals surface area contributed by atoms with Crippen LogP contribution in [0.2, 0.25) is 0 Å². The molecule has 0 saturated carbocycles. The quantitative estimate of drug-likeness (QED) is 0.599. The number of aromatic nitrogens is 1. The van der Waals surface area contributed by atoms with E-state index >= 15 is 0 Å². The second-order valence-corrected chi connectivity index (χ2v) is 4.36. The highest BCUT2D eigenvalue weighted by Gasteiger charge is 2.24. The van der Waals surface area contributed by atoms with Crippen molar-refractivity contribution in [3.8, 4) is 0 Å². The van der Waals surface area contributed by atoms with E-state index < -0.39 is 4.92 Å². The molecule has 6 nitrogen and oxygen atoms in total. The Morgan fingerprint density at radius 3 is 2.33 bits per heavy atom. The van der Waals surface area contributed by atoms with Gasteiger partial charge in [-0.2, -0.15) is 0 Å². The Labute approximate surface area is 107 Å². The van der Waals surface area contributed by atoms with Crippen LogP contribution in [0.15, 0.2) is 12.1 Å². The SMILES string of the molecule is CCC(CC)(CC)Nc1cc([N+](=O)[O-])cc(N)n1. The molecule has 1 heterocycles. The number of nitrogens with two attached hydrogens (primary N) is 1. The van der Waals surface area contributed by atoms with Crippen molar-refractivity contribution < 1.29 is 4.92 Å². The Morgan fingerprint density at radius 1 is 1.33 bits per heavy atom. The van der Waals surface area contributed by atoms with E-state index in [1.165, 1.54) is 12.1 Å². The van der Waals surface area contributed by atoms with Crippen molar-refractivity contribution in [2.45, 2.75) is 45.6 Å². The summed E-state index contributed by atoms with van der Waals surface area (Å²) in [5, 5.41) is 14.1. The predicted octanol–water partition coefficient (Wildman–Crippen LogP) is 2.95. The maximum atomic E-state index is 10.8. The van der Waals surface area contributed by atoms with Crippen molar-refractivity contribution in [3.63, 3.8) is 0 Å². The minimum atomic E-state index is -0.464. The van der Waals surface area contributed by atoms with Crippen LogP contribution >= 0.6 is 0 Å². The van der Waals surface area contributed by atoms with E-state index in [1.54, 1.807) is 0 Å². The van der Waals surface area contributed by atoms with Crippen LogP contribution in [0.1, 0.15) is 40.0 Å². The average molecular weight is 252 g/mol. The van der Waals surface area contributed by atoms with Gasteiger partial charge in [-0.1, -0.05) is 20.8 Å². The lowest BCUT2D eigenvalue weighted by Crippen LogP contribution is -2.36. The van der Waals surface area contributed by atoms with E-state index in [4.69, 9.17) is 5.73 Å². The van der Waals surface area contributed by atoms with E-state index in [9.17, 15) is 10.1 Å². The Bertz CT molecular complexity index is 422. The summed E-state index contributed by atoms with van der Waals surface area (Å²) in [5.74, 6) is 0.621. The van der Waals surface area contributed by atoms with Gasteiger partial charge in [0.2, 0.25) is 0 Å². The normalized spacial score (nSPS) is 11.3. The lowest BCUT2D eigenvalue weighted by Gasteiger charge is -2.32. The first-order valence-corrected chi connectivity index (χ1v) is 6.16. The summed E-state index contributed by atoms with van der Waals surface area (Å²) in [5.41, 5.74) is 5.46. The molecule has 100 valence electrons. The van der Waals surface area contributed by atoms with E-state index in [0.29, 0.717) is 5.82 Å². The molecule has 1 aromatic rings. The number of pyridine rings is 1. The number of nitrogens with one attached hydrogen (secondary N) is 1. The third-order valence-corrected chi connectivity index (χ3v) is 3.46. The fourth-order valence-electron chi connectivity index (χ4n) is 1.99. The van der Waals surface area contributed by atoms with Gasteiger partial charge in [-0.05, 0) is 19.3 Å². The van der Waals surface area contributed by atoms with Crippen molar-refractivity contribution in [2.24, 2.45) is 0 Å². The van der Waals surface area contributed by atoms with Gasteiger partial charge in [-0.3, -0.25) is 10.1 Å². The summed E-state index contributed by atoms with van der Waals surface area (Å²) in [6, 6.07) is 2.68. The van der Waals surface area contributed by atoms with Crippen LogP contribution in [0.25, 0.3) is 0 Å². The molecule has 6 heteroatoms. The zero-order valence-electron chi connectivity index (χ0n) is 11.1. The number of nitrogens with zero attached hydrogens (tertiary/aromatic N) is 2. The highest BCUT2D eigenvalue weighted by molar-refractivity contribution is 5.53. The highest BCUT2D eigenvalue weighted by atomic mass is 16.6. The van der Waals surface area contributed by atoms with Crippen molar-refractivity contribution in [1.29, 1.82) is 0 Å². The third-order valence-electron chi connectivity index (χ3n) is 3.46. The van der Waals surface area contributed by atoms with Crippen LogP contribution < -0.4 is 11.1 Å². The molecule has 3 N–H and O–H groups in total. The maximum absolute atomic E-state index is 10.8. The fraction of sp³-hybridized carbons (Fsp3) is 0.583. The molecule has 0 spiro atoms. The summed E-state index contributed by atoms with van der Waals surface area (Å²) in [4.78, 5) is 14.4. The summed E-state index contributed by atoms with van der Waals surface area (Å²) in [7, 11) is 0. The molecule has 0 bridgehead atoms. The fourth-order valence-corrected chi connectivity index (χ4v) is 1.99. The number of anilines is 2. The van der Waals surface area contributed by atoms with Crippen LogP contribution in [0.4, 0.5) is 17.3 Å². The van der Waals surface area contributed by atoms with E-state index in [2.05, 4.69) is 31.1 Å². The minimum absolute atomic E-state index is 0.0396. The Balaban J connectivity index is 3.06. The van der Waals surface area contributed by atoms with Gasteiger partial charge >= 0.3 is 0 Å². The second kappa shape index (κ2) is 5.66. The second-order valence-electron chi connectivity index (χ2n) is 4.36. The van der Waals surface area contributed by atoms with E-state index in [-0.39, 0.29) is 17.0 Å². The van der Waals surface area contributed by atoms with Crippen LogP contribution in [0, 0.1) is 10.1 Å². The molecule has 0 aliphatic rings. The average Bonchev–Trinajstić information content (AvgIpc) is 2.35. The molecule has 0 saturated heterocycles. The third kappa shape index (κ3) is 3.09. The van der Waals surface area contributed by atoms with Crippen LogP contribution in [-0.4, -0.2) is 15.4 Å². The van der Waals surface area contributed by atoms with Gasteiger partial charge in [0.25, 0.3) is 5.69 Å². The van der Waals surface area contributed by atoms with Crippen molar-refractivity contribution >= 4 is 17.3 Å². The maximum Gasteiger partial charge on any atom is 0.276 e. The number of nitro groups is 1. The van der Waals surface area contributed by atoms with Gasteiger partial charge in [0, 0.05) is 5.54 Å². The molecule has 0 aliphatic heterocycles. The summed E-state index contributed by atoms with van der Waals surface area (Å²) >= 11 is 0. The first-order chi connectivity index (χ1) is 8.46. The lowest BCUT2D eigenvalue weighted by molar-refractivity contribution is -0.384. The zero-order valence-corrected chi connectivity index (χ0v) is 11.1. The summed E-state index contributed by atoms with van der Waals surface area (Å²) in [6.45, 7) is 6.25. The summed E-state index contributed by atoms with van der Waals surface area (Å²) in [6.07, 6.45) is 2.76. The monoisotopic (exact) mass is 252 g/mol. The van der Waals surface area contributed by atoms with Gasteiger partial charge in [0.1, 0.15) is 11.6 Å². The molecule has 0 amide bonds. The molecule has 0 aromatic carbocycles. The standard InChI is InChI=1S/C12H20N4O2/c1-4-12(5-2,6-3)15-11-8-9(16(17)18)7-10(13)14-11/h7-8H,4-6H2,1-3H3,(H3,13,14,15). The van der Waals surface area contributed by atoms with Crippen LogP contribution in [0.5, 0.6) is 0 Å². The molecule has 0 aliphatic carbocycles. The zero-order chi connectivity index (χ0) is 13.8. The van der Waals surface area contributed by atoms with Gasteiger partial charge in [-0.25, -0.2) is 4.98 Å². The largest absolute Gasteiger partial charge is 0.383 e. The molecule has 0 radical (unpaired) electrons. The number of rotatable bonds is 6. The summed E-state index contributed by atoms with van der Waals surface area (Å²) < 4.78 is 0. The first kappa shape index (κ1) is 14.2. The lowest BCUT2D eigenvalue weighted by atomic mass is 9.90. The molecule has 0 atom stereocenters. The number of hydrogen-bond donors (Lipinski definition) is 2. The predicted molar refractivity (Wildman–Crippen MR) is 72.5 cm³/mol. The Hall–Kier alpha value is -1.85. The highest BCUT2D eigenvalue weighted by Crippen LogP contribution is 2.27. The molecule has 0 unspecified atom stereocenters. The molecule has 1 rings (SSSR count). The van der Waals surface area contributed by atoms with Gasteiger partial charge in [0.05, 0.1) is 17.1 Å². The Morgan fingerprint density at radius 2 is 1.89 bits per heavy atom. The van der Waals surface area contributed by atoms with Gasteiger partial charge < -0.3 is 11.1 Å². The van der Waals surface area contributed by atoms with Crippen LogP contribution in [0.3, 0.4) is 0 Å². The first-order valence-electron chi connectivity index (χ1n) is 6.16. The molecular formula is C12H20N4O2. The molecule has 18 heavy (non-hydrogen) atoms. The van der Waals surface area contributed by atoms with Crippen molar-refractivity contribution in [3.05, 3.63) is 22.2 Å². The number of nitrogen functional groups attached to an aromatic ring is 1. The Kier molecular flexibility index (Phi) is 4.47. The van der Waals surface area contributed by atoms with Crippen LogP contribution in [-0.2, 0) is 0 Å². The van der Waals surface area contributed by atoms with Crippen molar-refractivity contribution in [1.82, 2.24) is 4.98 Å². The van der Waals surface area contributed by atoms with E-state index in [0.717, 1.165) is 19.3 Å². The smallest absolute Gasteiger partial charge is 0.276 e. The molecule has 1 aromatic heterocycles.